The van der Waals surface area contributed by atoms with E-state index in [9.17, 15) is 45.6 Å². The average molecular weight is 1130 g/mol. The third-order valence-corrected chi connectivity index (χ3v) is 15.4. The van der Waals surface area contributed by atoms with Gasteiger partial charge in [0, 0.05) is 6.42 Å². The Labute approximate surface area is 485 Å². The Morgan fingerprint density at radius 1 is 0.463 bits per heavy atom. The van der Waals surface area contributed by atoms with Crippen LogP contribution in [0.1, 0.15) is 245 Å². The first-order valence-electron chi connectivity index (χ1n) is 32.2. The van der Waals surface area contributed by atoms with E-state index in [1.54, 1.807) is 6.08 Å². The second kappa shape index (κ2) is 50.9. The Kier molecular flexibility index (Phi) is 46.8. The molecular formula is C66H117NO13. The summed E-state index contributed by atoms with van der Waals surface area (Å²) < 4.78 is 22.8. The van der Waals surface area contributed by atoms with Crippen molar-refractivity contribution >= 4 is 5.91 Å². The molecule has 0 saturated carbocycles. The van der Waals surface area contributed by atoms with Crippen LogP contribution in [0.15, 0.2) is 72.9 Å². The van der Waals surface area contributed by atoms with Crippen molar-refractivity contribution in [3.05, 3.63) is 72.9 Å². The van der Waals surface area contributed by atoms with Gasteiger partial charge in [-0.05, 0) is 70.6 Å². The van der Waals surface area contributed by atoms with Gasteiger partial charge in [0.15, 0.2) is 12.6 Å². The predicted molar refractivity (Wildman–Crippen MR) is 323 cm³/mol. The summed E-state index contributed by atoms with van der Waals surface area (Å²) in [7, 11) is 0. The monoisotopic (exact) mass is 1130 g/mol. The number of amides is 1. The summed E-state index contributed by atoms with van der Waals surface area (Å²) in [4.78, 5) is 13.3. The SMILES string of the molecule is CC/C=C\C/C=C\C/C=C\C/C=C\CCCCCCC(=O)NC(COC1OC(CO)C(OC2OC(CO)C(O)C(O)C2O)C(O)C1O)C(O)/C=C/CC/C=C/CCCCCCCCCCCCCCCCCCCCCCCCC. The van der Waals surface area contributed by atoms with E-state index in [2.05, 4.69) is 79.9 Å². The Bertz CT molecular complexity index is 1620. The Balaban J connectivity index is 1.73. The molecule has 0 aromatic rings. The first kappa shape index (κ1) is 73.5. The molecule has 0 aliphatic carbocycles. The molecule has 2 aliphatic heterocycles. The molecule has 80 heavy (non-hydrogen) atoms. The number of unbranched alkanes of at least 4 members (excludes halogenated alkanes) is 28. The van der Waals surface area contributed by atoms with Crippen molar-refractivity contribution in [1.82, 2.24) is 5.32 Å². The van der Waals surface area contributed by atoms with Gasteiger partial charge in [-0.25, -0.2) is 0 Å². The van der Waals surface area contributed by atoms with Crippen LogP contribution < -0.4 is 5.32 Å². The molecule has 0 radical (unpaired) electrons. The topological polar surface area (TPSA) is 228 Å². The van der Waals surface area contributed by atoms with Gasteiger partial charge in [0.05, 0.1) is 32.0 Å². The fourth-order valence-electron chi connectivity index (χ4n) is 10.2. The predicted octanol–water partition coefficient (Wildman–Crippen LogP) is 11.9. The van der Waals surface area contributed by atoms with Crippen molar-refractivity contribution in [3.63, 3.8) is 0 Å². The van der Waals surface area contributed by atoms with Crippen LogP contribution >= 0.6 is 0 Å². The molecule has 0 aromatic carbocycles. The molecule has 1 amide bonds. The molecule has 0 aromatic heterocycles. The second-order valence-electron chi connectivity index (χ2n) is 22.5. The van der Waals surface area contributed by atoms with Crippen molar-refractivity contribution in [2.24, 2.45) is 0 Å². The van der Waals surface area contributed by atoms with Gasteiger partial charge in [0.25, 0.3) is 0 Å². The van der Waals surface area contributed by atoms with Crippen LogP contribution in [0.25, 0.3) is 0 Å². The van der Waals surface area contributed by atoms with Crippen molar-refractivity contribution in [1.29, 1.82) is 0 Å². The summed E-state index contributed by atoms with van der Waals surface area (Å²) in [5.74, 6) is -0.273. The number of aliphatic hydroxyl groups excluding tert-OH is 8. The number of rotatable bonds is 51. The second-order valence-corrected chi connectivity index (χ2v) is 22.5. The molecule has 0 spiro atoms. The van der Waals surface area contributed by atoms with Crippen LogP contribution in [-0.4, -0.2) is 140 Å². The Hall–Kier alpha value is -2.57. The maximum absolute atomic E-state index is 13.3. The highest BCUT2D eigenvalue weighted by molar-refractivity contribution is 5.76. The summed E-state index contributed by atoms with van der Waals surface area (Å²) >= 11 is 0. The maximum Gasteiger partial charge on any atom is 0.220 e. The zero-order chi connectivity index (χ0) is 58.1. The summed E-state index contributed by atoms with van der Waals surface area (Å²) in [6, 6.07) is -0.949. The highest BCUT2D eigenvalue weighted by Crippen LogP contribution is 2.30. The summed E-state index contributed by atoms with van der Waals surface area (Å²) in [5, 5.41) is 87.2. The van der Waals surface area contributed by atoms with E-state index in [1.165, 1.54) is 148 Å². The lowest BCUT2D eigenvalue weighted by molar-refractivity contribution is -0.359. The van der Waals surface area contributed by atoms with Gasteiger partial charge in [-0.3, -0.25) is 4.79 Å². The average Bonchev–Trinajstić information content (AvgIpc) is 3.49. The quantitative estimate of drug-likeness (QED) is 0.0204. The maximum atomic E-state index is 13.3. The van der Waals surface area contributed by atoms with Gasteiger partial charge in [0.1, 0.15) is 48.8 Å². The molecule has 14 nitrogen and oxygen atoms in total. The number of carbonyl (C=O) groups excluding carboxylic acids is 1. The minimum Gasteiger partial charge on any atom is -0.394 e. The standard InChI is InChI=1S/C66H117NO13/c1-3-5-7-9-11-13-15-17-19-21-22-23-24-25-26-27-28-29-30-31-32-34-35-37-39-41-43-45-47-49-55(70)54(67-58(71)50-48-46-44-42-40-38-36-33-20-18-16-14-12-10-8-6-4-2)53-77-65-63(76)61(74)64(57(52-69)79-65)80-66-62(75)60(73)59(72)56(51-68)78-66/h6,8,12,14,18,20,36,38-39,41,47,49,54-57,59-66,68-70,72-76H,3-5,7,9-11,13,15-17,19,21-35,37,40,42-46,48,50-53H2,1-2H3,(H,67,71)/b8-6-,14-12-,20-18-,38-36-,41-39+,49-47+. The van der Waals surface area contributed by atoms with Crippen LogP contribution in [0.5, 0.6) is 0 Å². The zero-order valence-corrected chi connectivity index (χ0v) is 50.1. The van der Waals surface area contributed by atoms with Gasteiger partial charge in [-0.15, -0.1) is 0 Å². The largest absolute Gasteiger partial charge is 0.394 e. The van der Waals surface area contributed by atoms with E-state index in [0.717, 1.165) is 64.2 Å². The van der Waals surface area contributed by atoms with Crippen LogP contribution in [-0.2, 0) is 23.7 Å². The number of ether oxygens (including phenoxy) is 4. The van der Waals surface area contributed by atoms with Crippen molar-refractivity contribution in [3.8, 4) is 0 Å². The Morgan fingerprint density at radius 3 is 1.38 bits per heavy atom. The first-order valence-corrected chi connectivity index (χ1v) is 32.2. The number of aliphatic hydroxyl groups is 8. The zero-order valence-electron chi connectivity index (χ0n) is 50.1. The number of allylic oxidation sites excluding steroid dienone is 11. The van der Waals surface area contributed by atoms with Crippen molar-refractivity contribution < 1.29 is 64.6 Å². The number of hydrogen-bond acceptors (Lipinski definition) is 13. The highest BCUT2D eigenvalue weighted by atomic mass is 16.7. The third kappa shape index (κ3) is 35.5. The van der Waals surface area contributed by atoms with E-state index in [-0.39, 0.29) is 18.9 Å². The number of nitrogens with one attached hydrogen (secondary N) is 1. The molecule has 12 unspecified atom stereocenters. The lowest BCUT2D eigenvalue weighted by Gasteiger charge is -2.46. The van der Waals surface area contributed by atoms with Gasteiger partial charge >= 0.3 is 0 Å². The molecular weight excluding hydrogens is 1010 g/mol. The third-order valence-electron chi connectivity index (χ3n) is 15.4. The summed E-state index contributed by atoms with van der Waals surface area (Å²) in [5.41, 5.74) is 0. The number of carbonyl (C=O) groups is 1. The minimum absolute atomic E-state index is 0.242. The number of hydrogen-bond donors (Lipinski definition) is 9. The molecule has 0 bridgehead atoms. The van der Waals surface area contributed by atoms with Gasteiger partial charge in [-0.1, -0.05) is 241 Å². The first-order chi connectivity index (χ1) is 39.1. The molecule has 2 saturated heterocycles. The fourth-order valence-corrected chi connectivity index (χ4v) is 10.2. The molecule has 2 aliphatic rings. The van der Waals surface area contributed by atoms with E-state index < -0.39 is 86.8 Å². The molecule has 464 valence electrons. The molecule has 2 rings (SSSR count). The molecule has 12 atom stereocenters. The van der Waals surface area contributed by atoms with Crippen LogP contribution in [0.2, 0.25) is 0 Å². The van der Waals surface area contributed by atoms with E-state index in [4.69, 9.17) is 18.9 Å². The van der Waals surface area contributed by atoms with Crippen LogP contribution in [0.3, 0.4) is 0 Å². The normalized spacial score (nSPS) is 24.7. The molecule has 9 N–H and O–H groups in total. The highest BCUT2D eigenvalue weighted by Gasteiger charge is 2.51. The van der Waals surface area contributed by atoms with Crippen molar-refractivity contribution in [2.75, 3.05) is 19.8 Å². The lowest BCUT2D eigenvalue weighted by Crippen LogP contribution is -2.65. The summed E-state index contributed by atoms with van der Waals surface area (Å²) in [6.45, 7) is 2.66. The van der Waals surface area contributed by atoms with Crippen LogP contribution in [0.4, 0.5) is 0 Å². The van der Waals surface area contributed by atoms with E-state index in [0.29, 0.717) is 12.8 Å². The molecule has 2 heterocycles. The van der Waals surface area contributed by atoms with Gasteiger partial charge < -0.3 is 65.1 Å². The minimum atomic E-state index is -1.80. The van der Waals surface area contributed by atoms with E-state index in [1.807, 2.05) is 6.08 Å². The van der Waals surface area contributed by atoms with E-state index >= 15 is 0 Å². The summed E-state index contributed by atoms with van der Waals surface area (Å²) in [6.07, 6.45) is 51.1. The molecule has 2 fully saturated rings. The van der Waals surface area contributed by atoms with Gasteiger partial charge in [0.2, 0.25) is 5.91 Å². The fraction of sp³-hybridized carbons (Fsp3) is 0.803. The van der Waals surface area contributed by atoms with Crippen molar-refractivity contribution in [2.45, 2.75) is 319 Å². The van der Waals surface area contributed by atoms with Gasteiger partial charge in [-0.2, -0.15) is 0 Å². The Morgan fingerprint density at radius 2 is 0.875 bits per heavy atom. The van der Waals surface area contributed by atoms with Crippen LogP contribution in [0, 0.1) is 0 Å². The smallest absolute Gasteiger partial charge is 0.220 e. The molecule has 14 heteroatoms. The lowest BCUT2D eigenvalue weighted by atomic mass is 9.97.